The average Bonchev–Trinajstić information content (AvgIpc) is 3.13. The van der Waals surface area contributed by atoms with E-state index in [4.69, 9.17) is 9.47 Å². The molecular formula is C27H22BrFN2O5S. The Labute approximate surface area is 225 Å². The van der Waals surface area contributed by atoms with Crippen molar-refractivity contribution in [2.24, 2.45) is 0 Å². The first-order chi connectivity index (χ1) is 17.8. The number of hydrogen-bond donors (Lipinski definition) is 1. The zero-order valence-electron chi connectivity index (χ0n) is 19.7. The predicted molar refractivity (Wildman–Crippen MR) is 144 cm³/mol. The molecule has 0 spiro atoms. The van der Waals surface area contributed by atoms with Gasteiger partial charge in [0.05, 0.1) is 11.5 Å². The normalized spacial score (nSPS) is 14.2. The summed E-state index contributed by atoms with van der Waals surface area (Å²) in [5.74, 6) is -0.571. The van der Waals surface area contributed by atoms with Crippen LogP contribution in [0.1, 0.15) is 18.1 Å². The number of amides is 3. The Balaban J connectivity index is 1.45. The third kappa shape index (κ3) is 6.78. The summed E-state index contributed by atoms with van der Waals surface area (Å²) >= 11 is 4.08. The van der Waals surface area contributed by atoms with E-state index in [0.29, 0.717) is 34.9 Å². The van der Waals surface area contributed by atoms with Crippen LogP contribution in [0.2, 0.25) is 0 Å². The second-order valence-corrected chi connectivity index (χ2v) is 9.75. The number of benzene rings is 3. The summed E-state index contributed by atoms with van der Waals surface area (Å²) in [4.78, 5) is 38.8. The lowest BCUT2D eigenvalue weighted by molar-refractivity contribution is -0.127. The van der Waals surface area contributed by atoms with Crippen LogP contribution in [0.4, 0.5) is 14.9 Å². The molecule has 0 aliphatic carbocycles. The molecule has 7 nitrogen and oxygen atoms in total. The van der Waals surface area contributed by atoms with Gasteiger partial charge in [-0.1, -0.05) is 40.2 Å². The van der Waals surface area contributed by atoms with E-state index >= 15 is 0 Å². The number of hydrogen-bond acceptors (Lipinski definition) is 6. The highest BCUT2D eigenvalue weighted by Crippen LogP contribution is 2.35. The molecule has 0 radical (unpaired) electrons. The Kier molecular flexibility index (Phi) is 8.62. The van der Waals surface area contributed by atoms with E-state index in [1.807, 2.05) is 6.92 Å². The van der Waals surface area contributed by atoms with Crippen LogP contribution >= 0.6 is 27.7 Å². The van der Waals surface area contributed by atoms with Crippen molar-refractivity contribution in [1.82, 2.24) is 4.90 Å². The number of thioether (sulfide) groups is 1. The third-order valence-electron chi connectivity index (χ3n) is 5.21. The molecule has 1 fully saturated rings. The van der Waals surface area contributed by atoms with E-state index in [1.54, 1.807) is 66.7 Å². The zero-order chi connectivity index (χ0) is 26.4. The highest BCUT2D eigenvalue weighted by Gasteiger charge is 2.36. The monoisotopic (exact) mass is 584 g/mol. The van der Waals surface area contributed by atoms with E-state index in [2.05, 4.69) is 21.2 Å². The standard InChI is InChI=1S/C27H22BrFN2O5S/c1-2-35-23-13-17(7-12-22(23)36-16-18-5-3-4-6-21(18)29)14-24-26(33)31(27(34)37-24)15-25(32)30-20-10-8-19(28)9-11-20/h3-14H,2,15-16H2,1H3,(H,30,32)/b24-14+. The van der Waals surface area contributed by atoms with Crippen molar-refractivity contribution in [3.8, 4) is 11.5 Å². The van der Waals surface area contributed by atoms with Gasteiger partial charge >= 0.3 is 0 Å². The predicted octanol–water partition coefficient (Wildman–Crippen LogP) is 6.24. The highest BCUT2D eigenvalue weighted by atomic mass is 79.9. The van der Waals surface area contributed by atoms with Crippen molar-refractivity contribution in [3.05, 3.63) is 93.1 Å². The second-order valence-electron chi connectivity index (χ2n) is 7.84. The fraction of sp³-hybridized carbons (Fsp3) is 0.148. The molecule has 0 aromatic heterocycles. The van der Waals surface area contributed by atoms with Gasteiger partial charge in [0.1, 0.15) is 19.0 Å². The summed E-state index contributed by atoms with van der Waals surface area (Å²) in [7, 11) is 0. The number of nitrogens with one attached hydrogen (secondary N) is 1. The van der Waals surface area contributed by atoms with E-state index in [0.717, 1.165) is 21.1 Å². The van der Waals surface area contributed by atoms with Gasteiger partial charge in [0.15, 0.2) is 11.5 Å². The number of carbonyl (C=O) groups is 3. The van der Waals surface area contributed by atoms with Crippen LogP contribution in [0.3, 0.4) is 0 Å². The molecule has 0 saturated carbocycles. The summed E-state index contributed by atoms with van der Waals surface area (Å²) in [5, 5.41) is 2.14. The summed E-state index contributed by atoms with van der Waals surface area (Å²) in [6.07, 6.45) is 1.56. The largest absolute Gasteiger partial charge is 0.490 e. The van der Waals surface area contributed by atoms with Gasteiger partial charge in [-0.3, -0.25) is 19.3 Å². The molecule has 1 aliphatic rings. The minimum absolute atomic E-state index is 0.0211. The topological polar surface area (TPSA) is 84.9 Å². The first kappa shape index (κ1) is 26.4. The Morgan fingerprint density at radius 2 is 1.81 bits per heavy atom. The highest BCUT2D eigenvalue weighted by molar-refractivity contribution is 9.10. The van der Waals surface area contributed by atoms with Gasteiger partial charge in [-0.2, -0.15) is 0 Å². The summed E-state index contributed by atoms with van der Waals surface area (Å²) in [6.45, 7) is 1.81. The summed E-state index contributed by atoms with van der Waals surface area (Å²) < 4.78 is 26.2. The maximum Gasteiger partial charge on any atom is 0.294 e. The molecule has 0 bridgehead atoms. The number of carbonyl (C=O) groups excluding carboxylic acids is 3. The summed E-state index contributed by atoms with van der Waals surface area (Å²) in [6, 6.07) is 18.3. The molecule has 37 heavy (non-hydrogen) atoms. The fourth-order valence-corrected chi connectivity index (χ4v) is 4.54. The minimum Gasteiger partial charge on any atom is -0.490 e. The number of rotatable bonds is 9. The van der Waals surface area contributed by atoms with Crippen LogP contribution in [0.15, 0.2) is 76.1 Å². The molecule has 190 valence electrons. The molecule has 1 saturated heterocycles. The van der Waals surface area contributed by atoms with Crippen molar-refractivity contribution >= 4 is 56.5 Å². The maximum atomic E-state index is 13.9. The van der Waals surface area contributed by atoms with Crippen molar-refractivity contribution in [2.45, 2.75) is 13.5 Å². The first-order valence-corrected chi connectivity index (χ1v) is 12.9. The Hall–Kier alpha value is -3.63. The van der Waals surface area contributed by atoms with Gasteiger partial charge in [-0.25, -0.2) is 4.39 Å². The molecule has 4 rings (SSSR count). The third-order valence-corrected chi connectivity index (χ3v) is 6.65. The van der Waals surface area contributed by atoms with Crippen LogP contribution in [0.5, 0.6) is 11.5 Å². The van der Waals surface area contributed by atoms with Gasteiger partial charge in [-0.15, -0.1) is 0 Å². The molecule has 1 heterocycles. The fourth-order valence-electron chi connectivity index (χ4n) is 3.44. The van der Waals surface area contributed by atoms with Crippen LogP contribution in [-0.4, -0.2) is 35.1 Å². The minimum atomic E-state index is -0.557. The molecule has 3 amide bonds. The van der Waals surface area contributed by atoms with Crippen molar-refractivity contribution in [2.75, 3.05) is 18.5 Å². The molecule has 0 atom stereocenters. The molecule has 10 heteroatoms. The van der Waals surface area contributed by atoms with Gasteiger partial charge in [-0.05, 0) is 72.8 Å². The Morgan fingerprint density at radius 3 is 2.54 bits per heavy atom. The van der Waals surface area contributed by atoms with Crippen LogP contribution < -0.4 is 14.8 Å². The average molecular weight is 585 g/mol. The molecular weight excluding hydrogens is 563 g/mol. The molecule has 3 aromatic rings. The van der Waals surface area contributed by atoms with Crippen molar-refractivity contribution < 1.29 is 28.2 Å². The Bertz CT molecular complexity index is 1360. The Morgan fingerprint density at radius 1 is 1.05 bits per heavy atom. The van der Waals surface area contributed by atoms with E-state index in [9.17, 15) is 18.8 Å². The maximum absolute atomic E-state index is 13.9. The molecule has 3 aromatic carbocycles. The quantitative estimate of drug-likeness (QED) is 0.300. The van der Waals surface area contributed by atoms with Gasteiger partial charge in [0, 0.05) is 15.7 Å². The second kappa shape index (κ2) is 12.1. The van der Waals surface area contributed by atoms with E-state index in [1.165, 1.54) is 6.07 Å². The van der Waals surface area contributed by atoms with Gasteiger partial charge in [0.2, 0.25) is 5.91 Å². The number of nitrogens with zero attached hydrogens (tertiary/aromatic N) is 1. The molecule has 1 aliphatic heterocycles. The van der Waals surface area contributed by atoms with Crippen LogP contribution in [0, 0.1) is 5.82 Å². The number of ether oxygens (including phenoxy) is 2. The molecule has 1 N–H and O–H groups in total. The van der Waals surface area contributed by atoms with Crippen LogP contribution in [0.25, 0.3) is 6.08 Å². The lowest BCUT2D eigenvalue weighted by Gasteiger charge is -2.13. The smallest absolute Gasteiger partial charge is 0.294 e. The molecule has 0 unspecified atom stereocenters. The zero-order valence-corrected chi connectivity index (χ0v) is 22.1. The van der Waals surface area contributed by atoms with E-state index in [-0.39, 0.29) is 17.3 Å². The SMILES string of the molecule is CCOc1cc(/C=C2/SC(=O)N(CC(=O)Nc3ccc(Br)cc3)C2=O)ccc1OCc1ccccc1F. The lowest BCUT2D eigenvalue weighted by atomic mass is 10.1. The van der Waals surface area contributed by atoms with Crippen LogP contribution in [-0.2, 0) is 16.2 Å². The van der Waals surface area contributed by atoms with Gasteiger partial charge < -0.3 is 14.8 Å². The van der Waals surface area contributed by atoms with Crippen molar-refractivity contribution in [3.63, 3.8) is 0 Å². The van der Waals surface area contributed by atoms with Crippen molar-refractivity contribution in [1.29, 1.82) is 0 Å². The first-order valence-electron chi connectivity index (χ1n) is 11.3. The number of anilines is 1. The lowest BCUT2D eigenvalue weighted by Crippen LogP contribution is -2.36. The van der Waals surface area contributed by atoms with E-state index < -0.39 is 23.6 Å². The summed E-state index contributed by atoms with van der Waals surface area (Å²) in [5.41, 5.74) is 1.56. The number of imide groups is 1. The number of halogens is 2. The van der Waals surface area contributed by atoms with Gasteiger partial charge in [0.25, 0.3) is 11.1 Å².